The Hall–Kier alpha value is -1.77. The highest BCUT2D eigenvalue weighted by atomic mass is 19.1. The smallest absolute Gasteiger partial charge is 0.129 e. The predicted octanol–water partition coefficient (Wildman–Crippen LogP) is 6.89. The van der Waals surface area contributed by atoms with Gasteiger partial charge in [0.05, 0.1) is 0 Å². The van der Waals surface area contributed by atoms with Crippen molar-refractivity contribution in [3.63, 3.8) is 0 Å². The summed E-state index contributed by atoms with van der Waals surface area (Å²) in [7, 11) is 0. The van der Waals surface area contributed by atoms with Crippen molar-refractivity contribution in [3.8, 4) is 0 Å². The molecule has 3 rings (SSSR count). The van der Waals surface area contributed by atoms with Crippen LogP contribution in [0.4, 0.5) is 13.2 Å². The van der Waals surface area contributed by atoms with Crippen molar-refractivity contribution < 1.29 is 13.2 Å². The highest BCUT2D eigenvalue weighted by Gasteiger charge is 2.26. The van der Waals surface area contributed by atoms with E-state index in [4.69, 9.17) is 0 Å². The van der Waals surface area contributed by atoms with E-state index in [0.29, 0.717) is 19.3 Å². The van der Waals surface area contributed by atoms with Gasteiger partial charge in [-0.05, 0) is 79.0 Å². The van der Waals surface area contributed by atoms with Crippen LogP contribution in [0.2, 0.25) is 0 Å². The van der Waals surface area contributed by atoms with Gasteiger partial charge in [0.15, 0.2) is 0 Å². The predicted molar refractivity (Wildman–Crippen MR) is 100.0 cm³/mol. The maximum atomic E-state index is 14.7. The molecule has 0 radical (unpaired) electrons. The quantitative estimate of drug-likeness (QED) is 0.472. The molecule has 0 aliphatic heterocycles. The topological polar surface area (TPSA) is 0 Å². The molecule has 0 amide bonds. The Bertz CT molecular complexity index is 728. The van der Waals surface area contributed by atoms with Gasteiger partial charge in [0.1, 0.15) is 17.5 Å². The number of unbranched alkanes of at least 4 members (excludes halogenated alkanes) is 4. The molecule has 0 N–H and O–H groups in total. The summed E-state index contributed by atoms with van der Waals surface area (Å²) in [5, 5.41) is 0. The summed E-state index contributed by atoms with van der Waals surface area (Å²) in [5.74, 6) is -1.28. The van der Waals surface area contributed by atoms with Gasteiger partial charge in [0.25, 0.3) is 0 Å². The Labute approximate surface area is 154 Å². The van der Waals surface area contributed by atoms with Gasteiger partial charge in [-0.1, -0.05) is 38.7 Å². The molecule has 2 aromatic rings. The number of benzene rings is 2. The first-order valence-electron chi connectivity index (χ1n) is 9.83. The molecular formula is C23H27F3. The number of fused-ring (bicyclic) bond motifs is 1. The van der Waals surface area contributed by atoms with Crippen molar-refractivity contribution in [2.24, 2.45) is 0 Å². The normalized spacial score (nSPS) is 16.5. The Morgan fingerprint density at radius 3 is 2.35 bits per heavy atom. The molecule has 0 bridgehead atoms. The van der Waals surface area contributed by atoms with Crippen LogP contribution in [0.3, 0.4) is 0 Å². The van der Waals surface area contributed by atoms with Crippen LogP contribution < -0.4 is 0 Å². The van der Waals surface area contributed by atoms with E-state index in [0.717, 1.165) is 36.0 Å². The van der Waals surface area contributed by atoms with Gasteiger partial charge in [0, 0.05) is 5.56 Å². The fourth-order valence-electron chi connectivity index (χ4n) is 4.07. The molecular weight excluding hydrogens is 333 g/mol. The van der Waals surface area contributed by atoms with Gasteiger partial charge in [-0.3, -0.25) is 0 Å². The molecule has 3 heteroatoms. The van der Waals surface area contributed by atoms with Crippen LogP contribution >= 0.6 is 0 Å². The van der Waals surface area contributed by atoms with Crippen molar-refractivity contribution in [1.82, 2.24) is 0 Å². The van der Waals surface area contributed by atoms with E-state index in [1.807, 2.05) is 0 Å². The fraction of sp³-hybridized carbons (Fsp3) is 0.478. The summed E-state index contributed by atoms with van der Waals surface area (Å²) in [6.45, 7) is 2.17. The zero-order valence-electron chi connectivity index (χ0n) is 15.5. The lowest BCUT2D eigenvalue weighted by molar-refractivity contribution is 0.487. The molecule has 140 valence electrons. The zero-order chi connectivity index (χ0) is 18.5. The number of aryl methyl sites for hydroxylation is 2. The molecule has 0 heterocycles. The van der Waals surface area contributed by atoms with Crippen molar-refractivity contribution in [2.45, 2.75) is 70.6 Å². The van der Waals surface area contributed by atoms with E-state index in [9.17, 15) is 13.2 Å². The third kappa shape index (κ3) is 4.49. The van der Waals surface area contributed by atoms with Crippen LogP contribution in [-0.4, -0.2) is 0 Å². The van der Waals surface area contributed by atoms with E-state index in [1.165, 1.54) is 37.5 Å². The standard InChI is InChI=1S/C23H27F3/c1-2-3-4-5-6-7-16-12-21(25)23(22(26)13-16)19-9-8-18-15-20(24)11-10-17(18)14-19/h10-13,15,19H,2-9,14H2,1H3. The first kappa shape index (κ1) is 19.0. The summed E-state index contributed by atoms with van der Waals surface area (Å²) in [5.41, 5.74) is 2.92. The van der Waals surface area contributed by atoms with Crippen LogP contribution in [0.1, 0.15) is 73.6 Å². The lowest BCUT2D eigenvalue weighted by Gasteiger charge is -2.26. The van der Waals surface area contributed by atoms with Crippen molar-refractivity contribution in [2.75, 3.05) is 0 Å². The second-order valence-corrected chi connectivity index (χ2v) is 7.49. The second-order valence-electron chi connectivity index (χ2n) is 7.49. The summed E-state index contributed by atoms with van der Waals surface area (Å²) in [4.78, 5) is 0. The minimum atomic E-state index is -0.427. The molecule has 0 saturated heterocycles. The lowest BCUT2D eigenvalue weighted by atomic mass is 9.79. The fourth-order valence-corrected chi connectivity index (χ4v) is 4.07. The number of rotatable bonds is 7. The van der Waals surface area contributed by atoms with Gasteiger partial charge >= 0.3 is 0 Å². The van der Waals surface area contributed by atoms with Crippen LogP contribution in [0, 0.1) is 17.5 Å². The molecule has 0 nitrogen and oxygen atoms in total. The minimum Gasteiger partial charge on any atom is -0.207 e. The molecule has 1 unspecified atom stereocenters. The molecule has 0 spiro atoms. The number of halogens is 3. The zero-order valence-corrected chi connectivity index (χ0v) is 15.5. The Balaban J connectivity index is 1.70. The van der Waals surface area contributed by atoms with Gasteiger partial charge in [-0.25, -0.2) is 13.2 Å². The first-order valence-corrected chi connectivity index (χ1v) is 9.83. The highest BCUT2D eigenvalue weighted by molar-refractivity contribution is 5.36. The molecule has 1 aliphatic carbocycles. The Morgan fingerprint density at radius 1 is 0.885 bits per heavy atom. The van der Waals surface area contributed by atoms with E-state index in [1.54, 1.807) is 12.1 Å². The monoisotopic (exact) mass is 360 g/mol. The summed E-state index contributed by atoms with van der Waals surface area (Å²) < 4.78 is 42.7. The first-order chi connectivity index (χ1) is 12.6. The van der Waals surface area contributed by atoms with Gasteiger partial charge in [-0.2, -0.15) is 0 Å². The number of hydrogen-bond donors (Lipinski definition) is 0. The average molecular weight is 360 g/mol. The van der Waals surface area contributed by atoms with E-state index in [-0.39, 0.29) is 17.3 Å². The SMILES string of the molecule is CCCCCCCc1cc(F)c(C2CCc3cc(F)ccc3C2)c(F)c1. The minimum absolute atomic E-state index is 0.174. The van der Waals surface area contributed by atoms with Crippen molar-refractivity contribution in [1.29, 1.82) is 0 Å². The Morgan fingerprint density at radius 2 is 1.62 bits per heavy atom. The van der Waals surface area contributed by atoms with Gasteiger partial charge in [0.2, 0.25) is 0 Å². The maximum absolute atomic E-state index is 14.7. The molecule has 2 aromatic carbocycles. The molecule has 0 saturated carbocycles. The van der Waals surface area contributed by atoms with E-state index < -0.39 is 11.6 Å². The van der Waals surface area contributed by atoms with E-state index in [2.05, 4.69) is 6.92 Å². The third-order valence-corrected chi connectivity index (χ3v) is 5.51. The highest BCUT2D eigenvalue weighted by Crippen LogP contribution is 2.36. The Kier molecular flexibility index (Phi) is 6.39. The van der Waals surface area contributed by atoms with E-state index >= 15 is 0 Å². The summed E-state index contributed by atoms with van der Waals surface area (Å²) >= 11 is 0. The van der Waals surface area contributed by atoms with Crippen LogP contribution in [0.5, 0.6) is 0 Å². The van der Waals surface area contributed by atoms with Crippen LogP contribution in [0.15, 0.2) is 30.3 Å². The summed E-state index contributed by atoms with van der Waals surface area (Å²) in [6.07, 6.45) is 8.28. The van der Waals surface area contributed by atoms with Crippen molar-refractivity contribution >= 4 is 0 Å². The summed E-state index contributed by atoms with van der Waals surface area (Å²) in [6, 6.07) is 7.74. The lowest BCUT2D eigenvalue weighted by Crippen LogP contribution is -2.16. The van der Waals surface area contributed by atoms with Crippen LogP contribution in [-0.2, 0) is 19.3 Å². The average Bonchev–Trinajstić information content (AvgIpc) is 2.61. The largest absolute Gasteiger partial charge is 0.207 e. The molecule has 26 heavy (non-hydrogen) atoms. The van der Waals surface area contributed by atoms with Crippen molar-refractivity contribution in [3.05, 3.63) is 70.0 Å². The molecule has 1 aliphatic rings. The molecule has 0 fully saturated rings. The molecule has 0 aromatic heterocycles. The van der Waals surface area contributed by atoms with Gasteiger partial charge < -0.3 is 0 Å². The maximum Gasteiger partial charge on any atom is 0.129 e. The van der Waals surface area contributed by atoms with Gasteiger partial charge in [-0.15, -0.1) is 0 Å². The molecule has 1 atom stereocenters. The third-order valence-electron chi connectivity index (χ3n) is 5.51. The second kappa shape index (κ2) is 8.75. The number of hydrogen-bond acceptors (Lipinski definition) is 0. The van der Waals surface area contributed by atoms with Crippen LogP contribution in [0.25, 0.3) is 0 Å².